The Hall–Kier alpha value is -1.51. The van der Waals surface area contributed by atoms with Gasteiger partial charge in [-0.3, -0.25) is 4.79 Å². The number of carbonyl (C=O) groups is 1. The van der Waals surface area contributed by atoms with Gasteiger partial charge in [-0.25, -0.2) is 0 Å². The first-order valence-electron chi connectivity index (χ1n) is 6.92. The largest absolute Gasteiger partial charge is 0.384 e. The number of anilines is 1. The van der Waals surface area contributed by atoms with Crippen molar-refractivity contribution < 1.29 is 4.79 Å². The maximum absolute atomic E-state index is 12.1. The highest BCUT2D eigenvalue weighted by molar-refractivity contribution is 5.95. The topological polar surface area (TPSA) is 41.1 Å². The molecule has 0 spiro atoms. The smallest absolute Gasteiger partial charge is 0.251 e. The van der Waals surface area contributed by atoms with Gasteiger partial charge in [0, 0.05) is 23.8 Å². The van der Waals surface area contributed by atoms with Crippen LogP contribution >= 0.6 is 0 Å². The van der Waals surface area contributed by atoms with E-state index in [0.29, 0.717) is 6.04 Å². The fraction of sp³-hybridized carbons (Fsp3) is 0.533. The zero-order chi connectivity index (χ0) is 13.0. The van der Waals surface area contributed by atoms with E-state index >= 15 is 0 Å². The molecule has 0 saturated heterocycles. The van der Waals surface area contributed by atoms with E-state index in [-0.39, 0.29) is 5.91 Å². The molecule has 2 N–H and O–H groups in total. The zero-order valence-electron chi connectivity index (χ0n) is 11.3. The van der Waals surface area contributed by atoms with Crippen LogP contribution in [0.15, 0.2) is 18.2 Å². The molecule has 1 heterocycles. The lowest BCUT2D eigenvalue weighted by Crippen LogP contribution is -2.34. The van der Waals surface area contributed by atoms with E-state index in [1.165, 1.54) is 5.56 Å². The molecule has 0 aromatic heterocycles. The van der Waals surface area contributed by atoms with Crippen LogP contribution in [-0.4, -0.2) is 18.5 Å². The molecule has 1 aliphatic heterocycles. The van der Waals surface area contributed by atoms with Gasteiger partial charge in [0.2, 0.25) is 0 Å². The molecule has 0 bridgehead atoms. The summed E-state index contributed by atoms with van der Waals surface area (Å²) < 4.78 is 0. The Morgan fingerprint density at radius 3 is 3.00 bits per heavy atom. The molecule has 0 fully saturated rings. The van der Waals surface area contributed by atoms with Crippen molar-refractivity contribution in [2.45, 2.75) is 45.6 Å². The highest BCUT2D eigenvalue weighted by Gasteiger charge is 2.15. The molecule has 1 amide bonds. The van der Waals surface area contributed by atoms with Gasteiger partial charge in [-0.1, -0.05) is 26.3 Å². The molecule has 1 aromatic rings. The number of fused-ring (bicyclic) bond motifs is 1. The van der Waals surface area contributed by atoms with Crippen molar-refractivity contribution in [2.24, 2.45) is 0 Å². The fourth-order valence-electron chi connectivity index (χ4n) is 2.43. The van der Waals surface area contributed by atoms with Gasteiger partial charge in [-0.2, -0.15) is 0 Å². The van der Waals surface area contributed by atoms with Crippen molar-refractivity contribution in [3.05, 3.63) is 29.3 Å². The molecule has 0 radical (unpaired) electrons. The zero-order valence-corrected chi connectivity index (χ0v) is 11.3. The quantitative estimate of drug-likeness (QED) is 0.838. The number of benzene rings is 1. The van der Waals surface area contributed by atoms with Crippen LogP contribution in [0.25, 0.3) is 0 Å². The van der Waals surface area contributed by atoms with E-state index in [2.05, 4.69) is 30.5 Å². The predicted molar refractivity (Wildman–Crippen MR) is 75.1 cm³/mol. The van der Waals surface area contributed by atoms with Crippen LogP contribution in [0.5, 0.6) is 0 Å². The van der Waals surface area contributed by atoms with Gasteiger partial charge < -0.3 is 10.6 Å². The summed E-state index contributed by atoms with van der Waals surface area (Å²) in [6.07, 6.45) is 4.20. The van der Waals surface area contributed by atoms with Crippen molar-refractivity contribution in [1.82, 2.24) is 5.32 Å². The fourth-order valence-corrected chi connectivity index (χ4v) is 2.43. The lowest BCUT2D eigenvalue weighted by atomic mass is 10.1. The third kappa shape index (κ3) is 2.84. The Morgan fingerprint density at radius 1 is 1.44 bits per heavy atom. The lowest BCUT2D eigenvalue weighted by molar-refractivity contribution is 0.0934. The minimum absolute atomic E-state index is 0.0480. The summed E-state index contributed by atoms with van der Waals surface area (Å²) in [5, 5.41) is 6.42. The molecule has 3 nitrogen and oxygen atoms in total. The predicted octanol–water partition coefficient (Wildman–Crippen LogP) is 2.96. The second-order valence-corrected chi connectivity index (χ2v) is 4.92. The Balaban J connectivity index is 2.04. The van der Waals surface area contributed by atoms with Gasteiger partial charge in [0.05, 0.1) is 0 Å². The van der Waals surface area contributed by atoms with Crippen LogP contribution in [0.1, 0.15) is 49.0 Å². The molecule has 3 heteroatoms. The lowest BCUT2D eigenvalue weighted by Gasteiger charge is -2.16. The van der Waals surface area contributed by atoms with Crippen LogP contribution in [0.4, 0.5) is 5.69 Å². The monoisotopic (exact) mass is 246 g/mol. The summed E-state index contributed by atoms with van der Waals surface area (Å²) in [5.74, 6) is 0.0480. The van der Waals surface area contributed by atoms with Crippen molar-refractivity contribution >= 4 is 11.6 Å². The molecule has 1 atom stereocenters. The Labute approximate surface area is 109 Å². The first-order chi connectivity index (χ1) is 8.74. The van der Waals surface area contributed by atoms with Gasteiger partial charge in [0.25, 0.3) is 5.91 Å². The van der Waals surface area contributed by atoms with Crippen molar-refractivity contribution in [1.29, 1.82) is 0 Å². The summed E-state index contributed by atoms with van der Waals surface area (Å²) in [6, 6.07) is 6.25. The van der Waals surface area contributed by atoms with Gasteiger partial charge in [-0.15, -0.1) is 0 Å². The SMILES string of the molecule is CCCC(CC)NC(=O)c1ccc2c(c1)NCC2. The minimum atomic E-state index is 0.0480. The van der Waals surface area contributed by atoms with E-state index in [1.54, 1.807) is 0 Å². The molecule has 98 valence electrons. The average molecular weight is 246 g/mol. The first kappa shape index (κ1) is 12.9. The Kier molecular flexibility index (Phi) is 4.24. The molecule has 0 aliphatic carbocycles. The van der Waals surface area contributed by atoms with Gasteiger partial charge in [0.15, 0.2) is 0 Å². The molecule has 1 aliphatic rings. The molecule has 18 heavy (non-hydrogen) atoms. The maximum Gasteiger partial charge on any atom is 0.251 e. The number of rotatable bonds is 5. The van der Waals surface area contributed by atoms with Crippen molar-refractivity contribution in [3.8, 4) is 0 Å². The molecular formula is C15H22N2O. The second-order valence-electron chi connectivity index (χ2n) is 4.92. The standard InChI is InChI=1S/C15H22N2O/c1-3-5-13(4-2)17-15(18)12-7-6-11-8-9-16-14(11)10-12/h6-7,10,13,16H,3-5,8-9H2,1-2H3,(H,17,18). The van der Waals surface area contributed by atoms with E-state index in [4.69, 9.17) is 0 Å². The minimum Gasteiger partial charge on any atom is -0.384 e. The summed E-state index contributed by atoms with van der Waals surface area (Å²) in [5.41, 5.74) is 3.19. The van der Waals surface area contributed by atoms with E-state index in [9.17, 15) is 4.79 Å². The molecule has 1 aromatic carbocycles. The van der Waals surface area contributed by atoms with Crippen molar-refractivity contribution in [2.75, 3.05) is 11.9 Å². The summed E-state index contributed by atoms with van der Waals surface area (Å²) in [7, 11) is 0. The highest BCUT2D eigenvalue weighted by atomic mass is 16.1. The number of carbonyl (C=O) groups excluding carboxylic acids is 1. The Morgan fingerprint density at radius 2 is 2.28 bits per heavy atom. The molecular weight excluding hydrogens is 224 g/mol. The maximum atomic E-state index is 12.1. The number of nitrogens with one attached hydrogen (secondary N) is 2. The number of hydrogen-bond donors (Lipinski definition) is 2. The average Bonchev–Trinajstić information content (AvgIpc) is 2.85. The first-order valence-corrected chi connectivity index (χ1v) is 6.92. The Bertz CT molecular complexity index is 429. The van der Waals surface area contributed by atoms with E-state index < -0.39 is 0 Å². The molecule has 2 rings (SSSR count). The molecule has 1 unspecified atom stereocenters. The van der Waals surface area contributed by atoms with Gasteiger partial charge in [-0.05, 0) is 37.0 Å². The van der Waals surface area contributed by atoms with Crippen LogP contribution in [0.3, 0.4) is 0 Å². The summed E-state index contributed by atoms with van der Waals surface area (Å²) in [4.78, 5) is 12.1. The van der Waals surface area contributed by atoms with Crippen LogP contribution in [0.2, 0.25) is 0 Å². The summed E-state index contributed by atoms with van der Waals surface area (Å²) in [6.45, 7) is 5.24. The second kappa shape index (κ2) is 5.89. The van der Waals surface area contributed by atoms with E-state index in [0.717, 1.165) is 43.5 Å². The third-order valence-corrected chi connectivity index (χ3v) is 3.55. The van der Waals surface area contributed by atoms with Gasteiger partial charge >= 0.3 is 0 Å². The normalized spacial score (nSPS) is 14.8. The summed E-state index contributed by atoms with van der Waals surface area (Å²) >= 11 is 0. The molecule has 0 saturated carbocycles. The number of amides is 1. The van der Waals surface area contributed by atoms with Gasteiger partial charge in [0.1, 0.15) is 0 Å². The van der Waals surface area contributed by atoms with Crippen LogP contribution in [0, 0.1) is 0 Å². The van der Waals surface area contributed by atoms with Crippen LogP contribution in [-0.2, 0) is 6.42 Å². The van der Waals surface area contributed by atoms with Crippen molar-refractivity contribution in [3.63, 3.8) is 0 Å². The number of hydrogen-bond acceptors (Lipinski definition) is 2. The van der Waals surface area contributed by atoms with E-state index in [1.807, 2.05) is 12.1 Å². The highest BCUT2D eigenvalue weighted by Crippen LogP contribution is 2.23. The van der Waals surface area contributed by atoms with Crippen LogP contribution < -0.4 is 10.6 Å². The third-order valence-electron chi connectivity index (χ3n) is 3.55.